The molecule has 2 aromatic rings. The summed E-state index contributed by atoms with van der Waals surface area (Å²) in [4.78, 5) is 88.0. The zero-order valence-corrected chi connectivity index (χ0v) is 32.3. The second-order valence-corrected chi connectivity index (χ2v) is 16.9. The predicted molar refractivity (Wildman–Crippen MR) is 205 cm³/mol. The van der Waals surface area contributed by atoms with Crippen molar-refractivity contribution in [3.63, 3.8) is 0 Å². The molecule has 298 valence electrons. The third kappa shape index (κ3) is 8.97. The molecule has 14 nitrogen and oxygen atoms in total. The molecule has 1 aromatic heterocycles. The summed E-state index contributed by atoms with van der Waals surface area (Å²) >= 11 is 1.06. The lowest BCUT2D eigenvalue weighted by Crippen LogP contribution is -2.58. The molecular weight excluding hydrogens is 715 g/mol. The lowest BCUT2D eigenvalue weighted by molar-refractivity contribution is -0.144. The second kappa shape index (κ2) is 16.9. The summed E-state index contributed by atoms with van der Waals surface area (Å²) in [5.74, 6) is -3.97. The van der Waals surface area contributed by atoms with E-state index in [1.807, 2.05) is 65.0 Å². The highest BCUT2D eigenvalue weighted by atomic mass is 32.1. The fourth-order valence-electron chi connectivity index (χ4n) is 7.79. The summed E-state index contributed by atoms with van der Waals surface area (Å²) in [7, 11) is 0. The molecule has 6 rings (SSSR count). The average Bonchev–Trinajstić information content (AvgIpc) is 3.97. The van der Waals surface area contributed by atoms with Gasteiger partial charge in [-0.05, 0) is 38.5 Å². The van der Waals surface area contributed by atoms with Gasteiger partial charge in [0.15, 0.2) is 17.1 Å². The normalized spacial score (nSPS) is 26.4. The number of ketones is 3. The molecule has 5 heterocycles. The number of rotatable bonds is 15. The van der Waals surface area contributed by atoms with Gasteiger partial charge in [0.05, 0.1) is 55.7 Å². The monoisotopic (exact) mass is 771 g/mol. The number of likely N-dealkylation sites (tertiary alicyclic amines) is 1. The van der Waals surface area contributed by atoms with Crippen LogP contribution in [0, 0.1) is 23.2 Å². The van der Waals surface area contributed by atoms with Gasteiger partial charge in [-0.1, -0.05) is 51.1 Å². The Balaban J connectivity index is 0.00000290. The van der Waals surface area contributed by atoms with Crippen LogP contribution in [-0.4, -0.2) is 114 Å². The minimum atomic E-state index is -1.15. The number of hydrogen-bond donors (Lipinski definition) is 3. The van der Waals surface area contributed by atoms with E-state index in [1.54, 1.807) is 5.38 Å². The number of thiazole rings is 1. The summed E-state index contributed by atoms with van der Waals surface area (Å²) in [5, 5.41) is 10.5. The van der Waals surface area contributed by atoms with Crippen LogP contribution >= 0.6 is 11.3 Å². The number of aromatic nitrogens is 1. The van der Waals surface area contributed by atoms with Crippen molar-refractivity contribution < 1.29 is 47.3 Å². The van der Waals surface area contributed by atoms with Gasteiger partial charge in [0.2, 0.25) is 23.5 Å². The predicted octanol–water partition coefficient (Wildman–Crippen LogP) is 3.29. The molecule has 0 saturated carbocycles. The van der Waals surface area contributed by atoms with Crippen LogP contribution in [0.5, 0.6) is 0 Å². The van der Waals surface area contributed by atoms with E-state index in [2.05, 4.69) is 20.9 Å². The maximum atomic E-state index is 14.5. The molecule has 8 atom stereocenters. The quantitative estimate of drug-likeness (QED) is 0.179. The van der Waals surface area contributed by atoms with Crippen LogP contribution in [0.1, 0.15) is 74.4 Å². The lowest BCUT2D eigenvalue weighted by atomic mass is 9.84. The number of carbonyl (C=O) groups is 6. The molecule has 6 unspecified atom stereocenters. The third-order valence-corrected chi connectivity index (χ3v) is 11.5. The Bertz CT molecular complexity index is 1740. The van der Waals surface area contributed by atoms with E-state index in [1.165, 1.54) is 4.90 Å². The molecule has 3 amide bonds. The van der Waals surface area contributed by atoms with Crippen molar-refractivity contribution in [3.8, 4) is 11.3 Å². The topological polar surface area (TPSA) is 182 Å². The molecule has 0 radical (unpaired) electrons. The van der Waals surface area contributed by atoms with Gasteiger partial charge < -0.3 is 35.1 Å². The molecule has 4 saturated heterocycles. The van der Waals surface area contributed by atoms with Crippen molar-refractivity contribution in [3.05, 3.63) is 40.7 Å². The van der Waals surface area contributed by atoms with Gasteiger partial charge >= 0.3 is 0 Å². The first-order valence-corrected chi connectivity index (χ1v) is 19.7. The van der Waals surface area contributed by atoms with Gasteiger partial charge in [0.1, 0.15) is 6.04 Å². The average molecular weight is 772 g/mol. The standard InChI is InChI=1S/C39H51N5O9S.3H2/c1-21(2)53-24-16-29(44(18-24)37(50)33(39(3,4)5)43-35(49)26-19-52-38-25(26)12-14-51-38)30(45)17-41-27(15-23-11-13-40-34(23)48)31(46)32(47)36-42-28(20-54-36)22-9-7-6-8-10-22;;;/h6-10,20-21,23-27,29,33,38,41H,11-19H2,1-5H3,(H,40,48)(H,43,49);3*1H/t23?,24?,25?,26?,27?,29-,33+,38?;;;/m0.../s1. The maximum absolute atomic E-state index is 14.5. The Labute approximate surface area is 323 Å². The van der Waals surface area contributed by atoms with Gasteiger partial charge in [-0.2, -0.15) is 0 Å². The van der Waals surface area contributed by atoms with Crippen LogP contribution in [0.4, 0.5) is 0 Å². The van der Waals surface area contributed by atoms with E-state index >= 15 is 0 Å². The van der Waals surface area contributed by atoms with Crippen LogP contribution < -0.4 is 16.0 Å². The van der Waals surface area contributed by atoms with Crippen LogP contribution in [0.2, 0.25) is 0 Å². The van der Waals surface area contributed by atoms with E-state index in [0.29, 0.717) is 31.7 Å². The molecule has 0 spiro atoms. The highest BCUT2D eigenvalue weighted by Crippen LogP contribution is 2.36. The SMILES string of the molecule is CC(C)OC1C[C@@H](C(=O)CNC(CC2CCNC2=O)C(=O)C(=O)c2nc(-c3ccccc3)cs2)N(C(=O)[C@@H](NC(=O)C2COC3OCCC32)C(C)(C)C)C1.[HH].[HH].[HH]. The zero-order valence-electron chi connectivity index (χ0n) is 31.5. The van der Waals surface area contributed by atoms with Gasteiger partial charge in [0, 0.05) is 46.6 Å². The molecule has 4 aliphatic rings. The van der Waals surface area contributed by atoms with Crippen molar-refractivity contribution in [1.29, 1.82) is 0 Å². The highest BCUT2D eigenvalue weighted by Gasteiger charge is 2.49. The maximum Gasteiger partial charge on any atom is 0.258 e. The van der Waals surface area contributed by atoms with E-state index < -0.39 is 65.2 Å². The highest BCUT2D eigenvalue weighted by molar-refractivity contribution is 7.13. The number of hydrogen-bond acceptors (Lipinski definition) is 12. The van der Waals surface area contributed by atoms with Gasteiger partial charge in [-0.25, -0.2) is 4.98 Å². The molecule has 0 bridgehead atoms. The summed E-state index contributed by atoms with van der Waals surface area (Å²) in [5.41, 5.74) is 0.654. The largest absolute Gasteiger partial charge is 0.374 e. The van der Waals surface area contributed by atoms with E-state index in [4.69, 9.17) is 14.2 Å². The van der Waals surface area contributed by atoms with Crippen molar-refractivity contribution >= 4 is 46.4 Å². The number of nitrogens with zero attached hydrogens (tertiary/aromatic N) is 2. The summed E-state index contributed by atoms with van der Waals surface area (Å²) in [6, 6.07) is 6.26. The first kappa shape index (κ1) is 39.8. The fourth-order valence-corrected chi connectivity index (χ4v) is 8.56. The van der Waals surface area contributed by atoms with Gasteiger partial charge in [-0.15, -0.1) is 11.3 Å². The summed E-state index contributed by atoms with van der Waals surface area (Å²) in [6.45, 7) is 10.3. The molecule has 3 N–H and O–H groups in total. The van der Waals surface area contributed by atoms with Crippen molar-refractivity contribution in [1.82, 2.24) is 25.8 Å². The Morgan fingerprint density at radius 1 is 1.11 bits per heavy atom. The number of nitrogens with one attached hydrogen (secondary N) is 3. The van der Waals surface area contributed by atoms with Crippen LogP contribution in [0.25, 0.3) is 11.3 Å². The summed E-state index contributed by atoms with van der Waals surface area (Å²) < 4.78 is 17.4. The van der Waals surface area contributed by atoms with Crippen LogP contribution in [0.15, 0.2) is 35.7 Å². The number of Topliss-reactive ketones (excluding diaryl/α,β-unsaturated/α-hetero) is 3. The number of benzene rings is 1. The van der Waals surface area contributed by atoms with Crippen LogP contribution in [-0.2, 0) is 38.2 Å². The molecule has 4 aliphatic heterocycles. The molecule has 15 heteroatoms. The molecular formula is C39H57N5O9S. The van der Waals surface area contributed by atoms with Crippen molar-refractivity contribution in [2.75, 3.05) is 32.8 Å². The van der Waals surface area contributed by atoms with Gasteiger partial charge in [-0.3, -0.25) is 28.8 Å². The Morgan fingerprint density at radius 3 is 2.56 bits per heavy atom. The lowest BCUT2D eigenvalue weighted by Gasteiger charge is -2.36. The number of ether oxygens (including phenoxy) is 3. The molecule has 54 heavy (non-hydrogen) atoms. The minimum absolute atomic E-state index is 0. The molecule has 1 aromatic carbocycles. The van der Waals surface area contributed by atoms with E-state index in [9.17, 15) is 28.8 Å². The number of fused-ring (bicyclic) bond motifs is 1. The Kier molecular flexibility index (Phi) is 12.4. The van der Waals surface area contributed by atoms with E-state index in [-0.39, 0.29) is 71.4 Å². The van der Waals surface area contributed by atoms with Crippen LogP contribution in [0.3, 0.4) is 0 Å². The minimum Gasteiger partial charge on any atom is -0.374 e. The smallest absolute Gasteiger partial charge is 0.258 e. The van der Waals surface area contributed by atoms with E-state index in [0.717, 1.165) is 16.9 Å². The third-order valence-electron chi connectivity index (χ3n) is 10.7. The number of amides is 3. The zero-order chi connectivity index (χ0) is 38.7. The molecule has 4 fully saturated rings. The first-order valence-electron chi connectivity index (χ1n) is 18.8. The fraction of sp³-hybridized carbons (Fsp3) is 0.615. The van der Waals surface area contributed by atoms with Crippen molar-refractivity contribution in [2.45, 2.75) is 96.9 Å². The first-order chi connectivity index (χ1) is 25.7. The van der Waals surface area contributed by atoms with Crippen molar-refractivity contribution in [2.24, 2.45) is 23.2 Å². The Hall–Kier alpha value is -3.89. The number of carbonyl (C=O) groups excluding carboxylic acids is 6. The van der Waals surface area contributed by atoms with Gasteiger partial charge in [0.25, 0.3) is 5.78 Å². The molecule has 0 aliphatic carbocycles. The second-order valence-electron chi connectivity index (χ2n) is 16.0. The summed E-state index contributed by atoms with van der Waals surface area (Å²) in [6.07, 6.45) is 0.388. The Morgan fingerprint density at radius 2 is 1.87 bits per heavy atom.